The normalized spacial score (nSPS) is 17.2. The first kappa shape index (κ1) is 21.2. The van der Waals surface area contributed by atoms with Crippen LogP contribution in [-0.2, 0) is 0 Å². The lowest BCUT2D eigenvalue weighted by atomic mass is 9.93. The third kappa shape index (κ3) is 4.60. The van der Waals surface area contributed by atoms with E-state index < -0.39 is 0 Å². The van der Waals surface area contributed by atoms with Gasteiger partial charge in [-0.1, -0.05) is 26.0 Å². The smallest absolute Gasteiger partial charge is 0.328 e. The second-order valence-corrected chi connectivity index (χ2v) is 9.41. The van der Waals surface area contributed by atoms with Gasteiger partial charge in [0.1, 0.15) is 0 Å². The maximum Gasteiger partial charge on any atom is 0.328 e. The van der Waals surface area contributed by atoms with Crippen LogP contribution in [0.3, 0.4) is 0 Å². The predicted octanol–water partition coefficient (Wildman–Crippen LogP) is 4.63. The molecule has 0 atom stereocenters. The summed E-state index contributed by atoms with van der Waals surface area (Å²) in [6, 6.07) is 12.3. The van der Waals surface area contributed by atoms with E-state index in [1.165, 1.54) is 18.3 Å². The van der Waals surface area contributed by atoms with E-state index in [0.717, 1.165) is 43.0 Å². The molecular formula is C25H29N7O. The third-order valence-corrected chi connectivity index (χ3v) is 6.23. The quantitative estimate of drug-likeness (QED) is 0.614. The molecule has 1 saturated heterocycles. The molecule has 170 valence electrons. The van der Waals surface area contributed by atoms with E-state index in [1.807, 2.05) is 12.1 Å². The second-order valence-electron chi connectivity index (χ2n) is 9.41. The average molecular weight is 444 g/mol. The van der Waals surface area contributed by atoms with E-state index in [4.69, 9.17) is 4.98 Å². The van der Waals surface area contributed by atoms with E-state index in [2.05, 4.69) is 63.6 Å². The van der Waals surface area contributed by atoms with Crippen molar-refractivity contribution in [1.29, 1.82) is 0 Å². The highest BCUT2D eigenvalue weighted by atomic mass is 16.2. The summed E-state index contributed by atoms with van der Waals surface area (Å²) >= 11 is 0. The molecular weight excluding hydrogens is 414 g/mol. The van der Waals surface area contributed by atoms with Crippen molar-refractivity contribution >= 4 is 29.0 Å². The maximum absolute atomic E-state index is 13.1. The highest BCUT2D eigenvalue weighted by Crippen LogP contribution is 2.35. The van der Waals surface area contributed by atoms with Gasteiger partial charge in [-0.25, -0.2) is 14.8 Å². The number of aromatic nitrogens is 3. The Bertz CT molecular complexity index is 1150. The molecule has 2 aliphatic rings. The van der Waals surface area contributed by atoms with E-state index in [9.17, 15) is 4.79 Å². The van der Waals surface area contributed by atoms with Crippen molar-refractivity contribution in [2.24, 2.45) is 5.41 Å². The number of pyridine rings is 1. The molecule has 0 unspecified atom stereocenters. The summed E-state index contributed by atoms with van der Waals surface area (Å²) in [7, 11) is 0. The second kappa shape index (κ2) is 8.69. The van der Waals surface area contributed by atoms with Crippen LogP contribution in [-0.4, -0.2) is 47.2 Å². The number of anilines is 4. The molecule has 2 aromatic heterocycles. The minimum absolute atomic E-state index is 0.266. The lowest BCUT2D eigenvalue weighted by Crippen LogP contribution is -2.36. The fourth-order valence-corrected chi connectivity index (χ4v) is 4.45. The topological polar surface area (TPSA) is 86.3 Å². The number of nitrogens with zero attached hydrogens (tertiary/aromatic N) is 5. The molecule has 33 heavy (non-hydrogen) atoms. The lowest BCUT2D eigenvalue weighted by molar-refractivity contribution is 0.256. The van der Waals surface area contributed by atoms with Crippen molar-refractivity contribution in [1.82, 2.24) is 15.0 Å². The molecule has 2 amide bonds. The molecule has 4 heterocycles. The Morgan fingerprint density at radius 1 is 1.15 bits per heavy atom. The van der Waals surface area contributed by atoms with Gasteiger partial charge in [-0.15, -0.1) is 0 Å². The lowest BCUT2D eigenvalue weighted by Gasteiger charge is -2.23. The Labute approximate surface area is 194 Å². The molecule has 0 bridgehead atoms. The van der Waals surface area contributed by atoms with Crippen LogP contribution >= 0.6 is 0 Å². The van der Waals surface area contributed by atoms with Gasteiger partial charge in [-0.3, -0.25) is 15.2 Å². The van der Waals surface area contributed by atoms with Crippen molar-refractivity contribution < 1.29 is 4.79 Å². The van der Waals surface area contributed by atoms with Gasteiger partial charge in [-0.2, -0.15) is 0 Å². The van der Waals surface area contributed by atoms with Crippen LogP contribution in [0.15, 0.2) is 55.0 Å². The van der Waals surface area contributed by atoms with Crippen LogP contribution in [0.4, 0.5) is 27.8 Å². The van der Waals surface area contributed by atoms with E-state index in [1.54, 1.807) is 17.3 Å². The summed E-state index contributed by atoms with van der Waals surface area (Å²) in [5, 5.41) is 6.23. The van der Waals surface area contributed by atoms with Crippen LogP contribution < -0.4 is 20.4 Å². The van der Waals surface area contributed by atoms with Crippen molar-refractivity contribution in [3.63, 3.8) is 0 Å². The Morgan fingerprint density at radius 3 is 2.85 bits per heavy atom. The van der Waals surface area contributed by atoms with Gasteiger partial charge in [0, 0.05) is 49.8 Å². The number of carbonyl (C=O) groups is 1. The largest absolute Gasteiger partial charge is 0.382 e. The molecule has 0 spiro atoms. The van der Waals surface area contributed by atoms with Gasteiger partial charge < -0.3 is 10.2 Å². The summed E-state index contributed by atoms with van der Waals surface area (Å²) in [6.45, 7) is 8.09. The maximum atomic E-state index is 13.1. The van der Waals surface area contributed by atoms with Gasteiger partial charge in [0.05, 0.1) is 17.6 Å². The van der Waals surface area contributed by atoms with E-state index in [0.29, 0.717) is 23.6 Å². The van der Waals surface area contributed by atoms with Crippen molar-refractivity contribution in [2.75, 3.05) is 46.6 Å². The minimum atomic E-state index is -0.266. The predicted molar refractivity (Wildman–Crippen MR) is 132 cm³/mol. The minimum Gasteiger partial charge on any atom is -0.382 e. The molecule has 0 radical (unpaired) electrons. The van der Waals surface area contributed by atoms with Gasteiger partial charge in [-0.05, 0) is 42.5 Å². The van der Waals surface area contributed by atoms with Crippen molar-refractivity contribution in [3.05, 3.63) is 55.0 Å². The first-order valence-corrected chi connectivity index (χ1v) is 11.4. The van der Waals surface area contributed by atoms with Gasteiger partial charge >= 0.3 is 6.03 Å². The van der Waals surface area contributed by atoms with Crippen LogP contribution in [0.2, 0.25) is 0 Å². The molecule has 8 nitrogen and oxygen atoms in total. The molecule has 0 saturated carbocycles. The number of nitrogens with one attached hydrogen (secondary N) is 2. The number of carbonyl (C=O) groups excluding carboxylic acids is 1. The fourth-order valence-electron chi connectivity index (χ4n) is 4.45. The van der Waals surface area contributed by atoms with Crippen LogP contribution in [0.5, 0.6) is 0 Å². The van der Waals surface area contributed by atoms with Gasteiger partial charge in [0.25, 0.3) is 0 Å². The van der Waals surface area contributed by atoms with Gasteiger partial charge in [0.15, 0.2) is 11.6 Å². The summed E-state index contributed by atoms with van der Waals surface area (Å²) in [4.78, 5) is 30.3. The zero-order valence-corrected chi connectivity index (χ0v) is 19.1. The van der Waals surface area contributed by atoms with Gasteiger partial charge in [0.2, 0.25) is 0 Å². The molecule has 1 aromatic carbocycles. The Kier molecular flexibility index (Phi) is 5.58. The SMILES string of the molecule is CC1(C)CCN(c2cccc(-c3ccc4c(n3)N(C(=O)Nc3cnccn3)CCCN4)c2)C1. The van der Waals surface area contributed by atoms with Crippen molar-refractivity contribution in [2.45, 2.75) is 26.7 Å². The van der Waals surface area contributed by atoms with Crippen molar-refractivity contribution in [3.8, 4) is 11.3 Å². The first-order chi connectivity index (χ1) is 16.0. The van der Waals surface area contributed by atoms with Crippen LogP contribution in [0, 0.1) is 5.41 Å². The number of hydrogen-bond donors (Lipinski definition) is 2. The Morgan fingerprint density at radius 2 is 2.06 bits per heavy atom. The summed E-state index contributed by atoms with van der Waals surface area (Å²) < 4.78 is 0. The number of urea groups is 1. The average Bonchev–Trinajstić information content (AvgIpc) is 3.06. The van der Waals surface area contributed by atoms with Crippen LogP contribution in [0.25, 0.3) is 11.3 Å². The third-order valence-electron chi connectivity index (χ3n) is 6.23. The Balaban J connectivity index is 1.44. The number of amides is 2. The summed E-state index contributed by atoms with van der Waals surface area (Å²) in [6.07, 6.45) is 6.67. The van der Waals surface area contributed by atoms with E-state index in [-0.39, 0.29) is 6.03 Å². The molecule has 2 aliphatic heterocycles. The molecule has 3 aromatic rings. The highest BCUT2D eigenvalue weighted by Gasteiger charge is 2.29. The van der Waals surface area contributed by atoms with Crippen LogP contribution in [0.1, 0.15) is 26.7 Å². The number of benzene rings is 1. The highest BCUT2D eigenvalue weighted by molar-refractivity contribution is 6.02. The number of fused-ring (bicyclic) bond motifs is 1. The number of hydrogen-bond acceptors (Lipinski definition) is 6. The molecule has 1 fully saturated rings. The molecule has 2 N–H and O–H groups in total. The summed E-state index contributed by atoms with van der Waals surface area (Å²) in [5.41, 5.74) is 4.28. The molecule has 5 rings (SSSR count). The van der Waals surface area contributed by atoms with E-state index >= 15 is 0 Å². The zero-order chi connectivity index (χ0) is 22.8. The fraction of sp³-hybridized carbons (Fsp3) is 0.360. The Hall–Kier alpha value is -3.68. The molecule has 8 heteroatoms. The first-order valence-electron chi connectivity index (χ1n) is 11.4. The molecule has 0 aliphatic carbocycles. The summed E-state index contributed by atoms with van der Waals surface area (Å²) in [5.74, 6) is 1.04. The zero-order valence-electron chi connectivity index (χ0n) is 19.1. The number of rotatable bonds is 3. The monoisotopic (exact) mass is 443 g/mol. The standard InChI is InChI=1S/C25H29N7O/c1-25(2)9-14-31(17-25)19-6-3-5-18(15-19)20-7-8-21-23(29-20)32(13-4-10-27-21)24(33)30-22-16-26-11-12-28-22/h3,5-8,11-12,15-16,27H,4,9-10,13-14,17H2,1-2H3,(H,28,30,33).